The monoisotopic (exact) mass is 443 g/mol. The van der Waals surface area contributed by atoms with Crippen LogP contribution < -0.4 is 15.5 Å². The number of hydrogen-bond donors (Lipinski definition) is 2. The van der Waals surface area contributed by atoms with Crippen LogP contribution in [-0.4, -0.2) is 56.0 Å². The van der Waals surface area contributed by atoms with E-state index < -0.39 is 11.6 Å². The van der Waals surface area contributed by atoms with E-state index in [9.17, 15) is 13.6 Å². The number of halogens is 2. The first-order chi connectivity index (χ1) is 15.5. The van der Waals surface area contributed by atoms with Gasteiger partial charge in [0.1, 0.15) is 17.3 Å². The van der Waals surface area contributed by atoms with Crippen molar-refractivity contribution in [1.82, 2.24) is 15.5 Å². The number of benzene rings is 2. The van der Waals surface area contributed by atoms with Crippen molar-refractivity contribution in [2.75, 3.05) is 38.1 Å². The normalized spacial score (nSPS) is 16.2. The molecule has 0 aliphatic carbocycles. The lowest BCUT2D eigenvalue weighted by atomic mass is 10.1. The second kappa shape index (κ2) is 10.9. The molecule has 1 heterocycles. The van der Waals surface area contributed by atoms with Crippen LogP contribution in [0.25, 0.3) is 0 Å². The van der Waals surface area contributed by atoms with Crippen molar-refractivity contribution >= 4 is 17.6 Å². The number of aliphatic imine (C=N–C) groups is 1. The fourth-order valence-electron chi connectivity index (χ4n) is 3.90. The Bertz CT molecular complexity index is 924. The molecule has 172 valence electrons. The Kier molecular flexibility index (Phi) is 8.03. The lowest BCUT2D eigenvalue weighted by molar-refractivity contribution is 0.0773. The van der Waals surface area contributed by atoms with Crippen molar-refractivity contribution in [3.8, 4) is 0 Å². The third-order valence-electron chi connectivity index (χ3n) is 5.72. The molecule has 1 atom stereocenters. The van der Waals surface area contributed by atoms with Crippen molar-refractivity contribution in [3.63, 3.8) is 0 Å². The highest BCUT2D eigenvalue weighted by Gasteiger charge is 2.27. The van der Waals surface area contributed by atoms with Crippen LogP contribution in [0.2, 0.25) is 0 Å². The van der Waals surface area contributed by atoms with Gasteiger partial charge in [0.05, 0.1) is 0 Å². The van der Waals surface area contributed by atoms with Gasteiger partial charge in [-0.3, -0.25) is 9.79 Å². The molecule has 1 unspecified atom stereocenters. The summed E-state index contributed by atoms with van der Waals surface area (Å²) in [7, 11) is 1.68. The number of guanidine groups is 1. The average Bonchev–Trinajstić information content (AvgIpc) is 3.25. The topological polar surface area (TPSA) is 60.0 Å². The number of anilines is 1. The average molecular weight is 444 g/mol. The van der Waals surface area contributed by atoms with Crippen LogP contribution >= 0.6 is 0 Å². The van der Waals surface area contributed by atoms with E-state index in [-0.39, 0.29) is 17.6 Å². The number of carbonyl (C=O) groups excluding carboxylic acids is 1. The van der Waals surface area contributed by atoms with Crippen LogP contribution in [0.15, 0.2) is 47.5 Å². The van der Waals surface area contributed by atoms with E-state index in [1.54, 1.807) is 16.8 Å². The predicted octanol–water partition coefficient (Wildman–Crippen LogP) is 3.39. The number of carbonyl (C=O) groups is 1. The van der Waals surface area contributed by atoms with Crippen LogP contribution in [0, 0.1) is 11.6 Å². The minimum atomic E-state index is -0.545. The van der Waals surface area contributed by atoms with Crippen LogP contribution in [0.1, 0.15) is 36.2 Å². The molecule has 1 aliphatic rings. The number of amides is 1. The molecule has 2 aromatic rings. The lowest BCUT2D eigenvalue weighted by Gasteiger charge is -2.21. The lowest BCUT2D eigenvalue weighted by Crippen LogP contribution is -2.44. The van der Waals surface area contributed by atoms with E-state index in [4.69, 9.17) is 0 Å². The Hall–Kier alpha value is -3.16. The molecule has 1 fully saturated rings. The van der Waals surface area contributed by atoms with Crippen molar-refractivity contribution in [3.05, 3.63) is 65.2 Å². The van der Waals surface area contributed by atoms with Gasteiger partial charge in [-0.1, -0.05) is 18.2 Å². The van der Waals surface area contributed by atoms with Gasteiger partial charge in [0, 0.05) is 51.4 Å². The molecule has 0 aromatic heterocycles. The van der Waals surface area contributed by atoms with E-state index in [0.717, 1.165) is 12.0 Å². The SMILES string of the molecule is CCN(CC)C(=O)c1ccc(CNC(=NC)NC2CCN(c3c(F)cccc3F)C2)cc1. The minimum Gasteiger partial charge on any atom is -0.365 e. The van der Waals surface area contributed by atoms with Crippen molar-refractivity contribution in [2.24, 2.45) is 4.99 Å². The Morgan fingerprint density at radius 1 is 1.12 bits per heavy atom. The largest absolute Gasteiger partial charge is 0.365 e. The zero-order valence-electron chi connectivity index (χ0n) is 18.9. The third-order valence-corrected chi connectivity index (χ3v) is 5.72. The summed E-state index contributed by atoms with van der Waals surface area (Å²) in [5.41, 5.74) is 1.72. The minimum absolute atomic E-state index is 0.0225. The van der Waals surface area contributed by atoms with Crippen LogP contribution in [-0.2, 0) is 6.54 Å². The third kappa shape index (κ3) is 5.55. The summed E-state index contributed by atoms with van der Waals surface area (Å²) in [6.07, 6.45) is 0.747. The highest BCUT2D eigenvalue weighted by Crippen LogP contribution is 2.26. The zero-order valence-corrected chi connectivity index (χ0v) is 18.9. The Balaban J connectivity index is 1.53. The van der Waals surface area contributed by atoms with Crippen LogP contribution in [0.5, 0.6) is 0 Å². The molecule has 3 rings (SSSR count). The molecule has 1 aliphatic heterocycles. The molecular formula is C24H31F2N5O. The maximum atomic E-state index is 14.1. The van der Waals surface area contributed by atoms with Gasteiger partial charge in [0.2, 0.25) is 0 Å². The molecular weight excluding hydrogens is 412 g/mol. The fourth-order valence-corrected chi connectivity index (χ4v) is 3.90. The predicted molar refractivity (Wildman–Crippen MR) is 124 cm³/mol. The number of rotatable bonds is 7. The van der Waals surface area contributed by atoms with Crippen LogP contribution in [0.3, 0.4) is 0 Å². The van der Waals surface area contributed by atoms with E-state index >= 15 is 0 Å². The summed E-state index contributed by atoms with van der Waals surface area (Å²) < 4.78 is 28.1. The molecule has 6 nitrogen and oxygen atoms in total. The van der Waals surface area contributed by atoms with Crippen LogP contribution in [0.4, 0.5) is 14.5 Å². The Labute approximate surface area is 188 Å². The Morgan fingerprint density at radius 2 is 1.78 bits per heavy atom. The van der Waals surface area contributed by atoms with Crippen molar-refractivity contribution in [2.45, 2.75) is 32.9 Å². The summed E-state index contributed by atoms with van der Waals surface area (Å²) in [4.78, 5) is 20.2. The van der Waals surface area contributed by atoms with Gasteiger partial charge in [0.25, 0.3) is 5.91 Å². The second-order valence-corrected chi connectivity index (χ2v) is 7.75. The summed E-state index contributed by atoms with van der Waals surface area (Å²) in [6.45, 7) is 6.89. The van der Waals surface area contributed by atoms with E-state index in [1.165, 1.54) is 18.2 Å². The van der Waals surface area contributed by atoms with E-state index in [2.05, 4.69) is 15.6 Å². The molecule has 2 N–H and O–H groups in total. The van der Waals surface area contributed by atoms with Gasteiger partial charge in [-0.25, -0.2) is 8.78 Å². The fraction of sp³-hybridized carbons (Fsp3) is 0.417. The summed E-state index contributed by atoms with van der Waals surface area (Å²) in [5.74, 6) is -0.439. The quantitative estimate of drug-likeness (QED) is 0.509. The first-order valence-electron chi connectivity index (χ1n) is 11.0. The second-order valence-electron chi connectivity index (χ2n) is 7.75. The van der Waals surface area contributed by atoms with Gasteiger partial charge >= 0.3 is 0 Å². The molecule has 8 heteroatoms. The highest BCUT2D eigenvalue weighted by molar-refractivity contribution is 5.94. The molecule has 2 aromatic carbocycles. The Morgan fingerprint density at radius 3 is 2.38 bits per heavy atom. The molecule has 0 saturated carbocycles. The highest BCUT2D eigenvalue weighted by atomic mass is 19.1. The summed E-state index contributed by atoms with van der Waals surface area (Å²) in [6, 6.07) is 11.5. The molecule has 0 spiro atoms. The number of para-hydroxylation sites is 1. The number of nitrogens with one attached hydrogen (secondary N) is 2. The summed E-state index contributed by atoms with van der Waals surface area (Å²) in [5, 5.41) is 6.59. The standard InChI is InChI=1S/C24H31F2N5O/c1-4-30(5-2)23(32)18-11-9-17(10-12-18)15-28-24(27-3)29-19-13-14-31(16-19)22-20(25)7-6-8-21(22)26/h6-12,19H,4-5,13-16H2,1-3H3,(H2,27,28,29). The molecule has 1 amide bonds. The first-order valence-corrected chi connectivity index (χ1v) is 11.0. The smallest absolute Gasteiger partial charge is 0.253 e. The van der Waals surface area contributed by atoms with E-state index in [1.807, 2.05) is 38.1 Å². The van der Waals surface area contributed by atoms with Crippen molar-refractivity contribution in [1.29, 1.82) is 0 Å². The number of hydrogen-bond acceptors (Lipinski definition) is 3. The maximum Gasteiger partial charge on any atom is 0.253 e. The van der Waals surface area contributed by atoms with Gasteiger partial charge < -0.3 is 20.4 Å². The van der Waals surface area contributed by atoms with Crippen molar-refractivity contribution < 1.29 is 13.6 Å². The molecule has 32 heavy (non-hydrogen) atoms. The van der Waals surface area contributed by atoms with E-state index in [0.29, 0.717) is 44.2 Å². The van der Waals surface area contributed by atoms with Gasteiger partial charge in [-0.05, 0) is 50.1 Å². The maximum absolute atomic E-state index is 14.1. The molecule has 0 bridgehead atoms. The summed E-state index contributed by atoms with van der Waals surface area (Å²) >= 11 is 0. The van der Waals surface area contributed by atoms with Gasteiger partial charge in [-0.15, -0.1) is 0 Å². The first kappa shape index (κ1) is 23.5. The molecule has 0 radical (unpaired) electrons. The van der Waals surface area contributed by atoms with Gasteiger partial charge in [0.15, 0.2) is 5.96 Å². The van der Waals surface area contributed by atoms with Gasteiger partial charge in [-0.2, -0.15) is 0 Å². The molecule has 1 saturated heterocycles. The number of nitrogens with zero attached hydrogens (tertiary/aromatic N) is 3. The zero-order chi connectivity index (χ0) is 23.1.